The maximum Gasteiger partial charge on any atom is 0.151 e. The van der Waals surface area contributed by atoms with Gasteiger partial charge in [-0.15, -0.1) is 5.10 Å². The molecule has 0 radical (unpaired) electrons. The van der Waals surface area contributed by atoms with E-state index in [9.17, 15) is 0 Å². The van der Waals surface area contributed by atoms with E-state index >= 15 is 0 Å². The molecule has 1 aromatic heterocycles. The van der Waals surface area contributed by atoms with Gasteiger partial charge in [-0.3, -0.25) is 0 Å². The van der Waals surface area contributed by atoms with Crippen LogP contribution in [0.3, 0.4) is 0 Å². The van der Waals surface area contributed by atoms with Crippen LogP contribution in [-0.2, 0) is 0 Å². The van der Waals surface area contributed by atoms with Crippen molar-refractivity contribution in [2.45, 2.75) is 19.4 Å². The minimum absolute atomic E-state index is 0.0950. The van der Waals surface area contributed by atoms with E-state index in [1.54, 1.807) is 6.20 Å². The van der Waals surface area contributed by atoms with Gasteiger partial charge in [-0.1, -0.05) is 5.16 Å². The van der Waals surface area contributed by atoms with Gasteiger partial charge in [0, 0.05) is 25.7 Å². The summed E-state index contributed by atoms with van der Waals surface area (Å²) >= 11 is 0. The summed E-state index contributed by atoms with van der Waals surface area (Å²) in [5.74, 6) is 0.967. The molecule has 0 aliphatic heterocycles. The maximum absolute atomic E-state index is 8.45. The van der Waals surface area contributed by atoms with E-state index < -0.39 is 0 Å². The van der Waals surface area contributed by atoms with Gasteiger partial charge in [-0.05, 0) is 19.1 Å². The molecule has 1 atom stereocenters. The van der Waals surface area contributed by atoms with Crippen molar-refractivity contribution in [1.82, 2.24) is 10.2 Å². The number of hydrogen-bond donors (Lipinski definition) is 2. The predicted molar refractivity (Wildman–Crippen MR) is 57.9 cm³/mol. The monoisotopic (exact) mass is 209 g/mol. The molecule has 0 bridgehead atoms. The number of anilines is 1. The van der Waals surface area contributed by atoms with E-state index in [1.165, 1.54) is 0 Å². The van der Waals surface area contributed by atoms with E-state index in [-0.39, 0.29) is 11.9 Å². The van der Waals surface area contributed by atoms with Crippen molar-refractivity contribution in [1.29, 1.82) is 0 Å². The molecule has 1 heterocycles. The molecule has 0 saturated heterocycles. The highest BCUT2D eigenvalue weighted by Crippen LogP contribution is 2.11. The van der Waals surface area contributed by atoms with Crippen LogP contribution in [0.4, 0.5) is 5.82 Å². The minimum Gasteiger partial charge on any atom is -0.409 e. The Hall–Kier alpha value is -1.85. The van der Waals surface area contributed by atoms with Gasteiger partial charge in [0.2, 0.25) is 0 Å². The number of nitrogens with two attached hydrogens (primary N) is 1. The summed E-state index contributed by atoms with van der Waals surface area (Å²) in [6.45, 7) is 1.96. The molecule has 0 fully saturated rings. The molecule has 1 rings (SSSR count). The lowest BCUT2D eigenvalue weighted by Gasteiger charge is -2.24. The number of hydrogen-bond acceptors (Lipinski definition) is 5. The Balaban J connectivity index is 2.65. The highest BCUT2D eigenvalue weighted by Gasteiger charge is 2.12. The van der Waals surface area contributed by atoms with Crippen LogP contribution in [0.15, 0.2) is 23.5 Å². The molecule has 1 unspecified atom stereocenters. The van der Waals surface area contributed by atoms with Gasteiger partial charge >= 0.3 is 0 Å². The number of rotatable bonds is 4. The molecule has 6 nitrogen and oxygen atoms in total. The first-order chi connectivity index (χ1) is 7.15. The molecule has 0 aliphatic carbocycles. The van der Waals surface area contributed by atoms with Crippen molar-refractivity contribution in [2.24, 2.45) is 10.9 Å². The molecule has 82 valence electrons. The molecule has 0 saturated carbocycles. The zero-order chi connectivity index (χ0) is 11.3. The number of amidine groups is 1. The molecule has 6 heteroatoms. The lowest BCUT2D eigenvalue weighted by molar-refractivity contribution is 0.316. The zero-order valence-electron chi connectivity index (χ0n) is 8.83. The van der Waals surface area contributed by atoms with E-state index in [4.69, 9.17) is 10.9 Å². The highest BCUT2D eigenvalue weighted by atomic mass is 16.4. The standard InChI is InChI=1S/C9H15N5O/c1-7(6-8(10)13-15)14(2)9-4-3-5-11-12-9/h3-5,7,15H,6H2,1-2H3,(H2,10,13). The fourth-order valence-electron chi connectivity index (χ4n) is 1.19. The van der Waals surface area contributed by atoms with Gasteiger partial charge < -0.3 is 15.8 Å². The Kier molecular flexibility index (Phi) is 3.84. The molecule has 15 heavy (non-hydrogen) atoms. The van der Waals surface area contributed by atoms with Crippen LogP contribution in [-0.4, -0.2) is 34.3 Å². The molecule has 3 N–H and O–H groups in total. The first-order valence-corrected chi connectivity index (χ1v) is 4.62. The first kappa shape index (κ1) is 11.2. The first-order valence-electron chi connectivity index (χ1n) is 4.62. The Labute approximate surface area is 88.4 Å². The van der Waals surface area contributed by atoms with Gasteiger partial charge in [-0.25, -0.2) is 0 Å². The second kappa shape index (κ2) is 5.14. The Bertz CT molecular complexity index is 327. The van der Waals surface area contributed by atoms with Crippen LogP contribution in [0.2, 0.25) is 0 Å². The third-order valence-electron chi connectivity index (χ3n) is 2.21. The van der Waals surface area contributed by atoms with E-state index in [2.05, 4.69) is 15.4 Å². The SMILES string of the molecule is CC(CC(N)=NO)N(C)c1cccnn1. The van der Waals surface area contributed by atoms with Crippen LogP contribution >= 0.6 is 0 Å². The summed E-state index contributed by atoms with van der Waals surface area (Å²) in [6, 6.07) is 3.77. The van der Waals surface area contributed by atoms with Crippen molar-refractivity contribution >= 4 is 11.7 Å². The molecule has 0 aromatic carbocycles. The topological polar surface area (TPSA) is 87.6 Å². The van der Waals surface area contributed by atoms with Crippen LogP contribution < -0.4 is 10.6 Å². The van der Waals surface area contributed by atoms with Crippen molar-refractivity contribution < 1.29 is 5.21 Å². The lowest BCUT2D eigenvalue weighted by atomic mass is 10.2. The van der Waals surface area contributed by atoms with E-state index in [0.717, 1.165) is 5.82 Å². The molecule has 0 amide bonds. The number of oxime groups is 1. The molecular formula is C9H15N5O. The maximum atomic E-state index is 8.45. The van der Waals surface area contributed by atoms with Gasteiger partial charge in [0.05, 0.1) is 0 Å². The summed E-state index contributed by atoms with van der Waals surface area (Å²) in [6.07, 6.45) is 2.09. The average molecular weight is 209 g/mol. The second-order valence-electron chi connectivity index (χ2n) is 3.34. The fourth-order valence-corrected chi connectivity index (χ4v) is 1.19. The van der Waals surface area contributed by atoms with Gasteiger partial charge in [0.1, 0.15) is 5.84 Å². The van der Waals surface area contributed by atoms with Crippen molar-refractivity contribution in [3.8, 4) is 0 Å². The molecule has 0 spiro atoms. The molecular weight excluding hydrogens is 194 g/mol. The summed E-state index contributed by atoms with van der Waals surface area (Å²) in [7, 11) is 1.89. The van der Waals surface area contributed by atoms with Gasteiger partial charge in [0.25, 0.3) is 0 Å². The van der Waals surface area contributed by atoms with Crippen LogP contribution in [0.1, 0.15) is 13.3 Å². The van der Waals surface area contributed by atoms with Crippen LogP contribution in [0, 0.1) is 0 Å². The third kappa shape index (κ3) is 3.08. The normalized spacial score (nSPS) is 13.6. The summed E-state index contributed by atoms with van der Waals surface area (Å²) in [4.78, 5) is 1.92. The van der Waals surface area contributed by atoms with E-state index in [0.29, 0.717) is 6.42 Å². The van der Waals surface area contributed by atoms with Gasteiger partial charge in [0.15, 0.2) is 5.82 Å². The second-order valence-corrected chi connectivity index (χ2v) is 3.34. The Morgan fingerprint density at radius 2 is 2.47 bits per heavy atom. The van der Waals surface area contributed by atoms with Gasteiger partial charge in [-0.2, -0.15) is 5.10 Å². The summed E-state index contributed by atoms with van der Waals surface area (Å²) in [5, 5.41) is 19.1. The lowest BCUT2D eigenvalue weighted by Crippen LogP contribution is -2.33. The highest BCUT2D eigenvalue weighted by molar-refractivity contribution is 5.80. The van der Waals surface area contributed by atoms with Crippen molar-refractivity contribution in [2.75, 3.05) is 11.9 Å². The predicted octanol–water partition coefficient (Wildman–Crippen LogP) is 0.438. The zero-order valence-corrected chi connectivity index (χ0v) is 8.83. The van der Waals surface area contributed by atoms with Crippen molar-refractivity contribution in [3.63, 3.8) is 0 Å². The van der Waals surface area contributed by atoms with E-state index in [1.807, 2.05) is 31.0 Å². The summed E-state index contributed by atoms with van der Waals surface area (Å²) in [5.41, 5.74) is 5.43. The van der Waals surface area contributed by atoms with Crippen molar-refractivity contribution in [3.05, 3.63) is 18.3 Å². The minimum atomic E-state index is 0.0950. The van der Waals surface area contributed by atoms with Crippen LogP contribution in [0.5, 0.6) is 0 Å². The Morgan fingerprint density at radius 1 is 1.73 bits per heavy atom. The van der Waals surface area contributed by atoms with Crippen LogP contribution in [0.25, 0.3) is 0 Å². The smallest absolute Gasteiger partial charge is 0.151 e. The molecule has 1 aromatic rings. The summed E-state index contributed by atoms with van der Waals surface area (Å²) < 4.78 is 0. The average Bonchev–Trinajstić information content (AvgIpc) is 2.29. The largest absolute Gasteiger partial charge is 0.409 e. The quantitative estimate of drug-likeness (QED) is 0.325. The number of nitrogens with zero attached hydrogens (tertiary/aromatic N) is 4. The number of aromatic nitrogens is 2. The fraction of sp³-hybridized carbons (Fsp3) is 0.444. The molecule has 0 aliphatic rings. The Morgan fingerprint density at radius 3 is 3.00 bits per heavy atom. The third-order valence-corrected chi connectivity index (χ3v) is 2.21.